The van der Waals surface area contributed by atoms with Gasteiger partial charge in [0.2, 0.25) is 0 Å². The Balaban J connectivity index is 2.57. The fourth-order valence-corrected chi connectivity index (χ4v) is 1.79. The van der Waals surface area contributed by atoms with E-state index in [4.69, 9.17) is 4.74 Å². The largest absolute Gasteiger partial charge is 0.489 e. The monoisotopic (exact) mass is 249 g/mol. The number of hydrogen-bond donors (Lipinski definition) is 1. The van der Waals surface area contributed by atoms with Gasteiger partial charge in [0.15, 0.2) is 0 Å². The van der Waals surface area contributed by atoms with Crippen molar-refractivity contribution in [3.63, 3.8) is 0 Å². The van der Waals surface area contributed by atoms with Crippen LogP contribution in [0.25, 0.3) is 0 Å². The van der Waals surface area contributed by atoms with Crippen LogP contribution in [0, 0.1) is 0 Å². The lowest BCUT2D eigenvalue weighted by Crippen LogP contribution is -2.29. The number of nitrogens with one attached hydrogen (secondary N) is 1. The van der Waals surface area contributed by atoms with Crippen LogP contribution in [0.15, 0.2) is 24.3 Å². The van der Waals surface area contributed by atoms with Gasteiger partial charge < -0.3 is 10.1 Å². The highest BCUT2D eigenvalue weighted by molar-refractivity contribution is 5.32. The maximum Gasteiger partial charge on any atom is 0.120 e. The van der Waals surface area contributed by atoms with Crippen molar-refractivity contribution in [2.24, 2.45) is 0 Å². The Kier molecular flexibility index (Phi) is 5.67. The summed E-state index contributed by atoms with van der Waals surface area (Å²) in [6.45, 7) is 12.9. The number of benzene rings is 1. The highest BCUT2D eigenvalue weighted by Crippen LogP contribution is 2.25. The Hall–Kier alpha value is -1.02. The van der Waals surface area contributed by atoms with Crippen molar-refractivity contribution in [1.82, 2.24) is 5.32 Å². The zero-order valence-electron chi connectivity index (χ0n) is 12.4. The maximum absolute atomic E-state index is 5.93. The van der Waals surface area contributed by atoms with Crippen molar-refractivity contribution >= 4 is 0 Å². The van der Waals surface area contributed by atoms with Crippen LogP contribution >= 0.6 is 0 Å². The van der Waals surface area contributed by atoms with Crippen LogP contribution in [-0.2, 0) is 5.41 Å². The standard InChI is InChI=1S/C16H27NO/c1-6-10-17-12-13(2)18-15-9-7-8-14(11-15)16(3,4)5/h7-9,11,13,17H,6,10,12H2,1-5H3. The minimum atomic E-state index is 0.170. The molecule has 0 radical (unpaired) electrons. The van der Waals surface area contributed by atoms with E-state index in [1.807, 2.05) is 6.07 Å². The van der Waals surface area contributed by atoms with E-state index < -0.39 is 0 Å². The van der Waals surface area contributed by atoms with E-state index in [2.05, 4.69) is 58.1 Å². The molecular weight excluding hydrogens is 222 g/mol. The van der Waals surface area contributed by atoms with Crippen molar-refractivity contribution in [2.75, 3.05) is 13.1 Å². The minimum absolute atomic E-state index is 0.170. The molecule has 102 valence electrons. The van der Waals surface area contributed by atoms with Gasteiger partial charge in [-0.25, -0.2) is 0 Å². The third kappa shape index (κ3) is 5.09. The Morgan fingerprint density at radius 1 is 1.28 bits per heavy atom. The summed E-state index contributed by atoms with van der Waals surface area (Å²) in [6.07, 6.45) is 1.36. The summed E-state index contributed by atoms with van der Waals surface area (Å²) in [4.78, 5) is 0. The van der Waals surface area contributed by atoms with E-state index in [1.54, 1.807) is 0 Å². The summed E-state index contributed by atoms with van der Waals surface area (Å²) < 4.78 is 5.93. The average molecular weight is 249 g/mol. The van der Waals surface area contributed by atoms with Crippen LogP contribution < -0.4 is 10.1 Å². The van der Waals surface area contributed by atoms with Gasteiger partial charge in [0.25, 0.3) is 0 Å². The first-order valence-electron chi connectivity index (χ1n) is 6.91. The zero-order chi connectivity index (χ0) is 13.6. The molecule has 0 aromatic heterocycles. The molecule has 0 aliphatic rings. The molecular formula is C16H27NO. The molecule has 1 aromatic rings. The van der Waals surface area contributed by atoms with Gasteiger partial charge in [-0.1, -0.05) is 39.8 Å². The van der Waals surface area contributed by atoms with Crippen LogP contribution in [0.5, 0.6) is 5.75 Å². The molecule has 1 N–H and O–H groups in total. The Morgan fingerprint density at radius 2 is 2.00 bits per heavy atom. The van der Waals surface area contributed by atoms with Crippen molar-refractivity contribution in [3.8, 4) is 5.75 Å². The summed E-state index contributed by atoms with van der Waals surface area (Å²) in [7, 11) is 0. The van der Waals surface area contributed by atoms with Gasteiger partial charge in [0, 0.05) is 6.54 Å². The van der Waals surface area contributed by atoms with Crippen molar-refractivity contribution in [1.29, 1.82) is 0 Å². The minimum Gasteiger partial charge on any atom is -0.489 e. The molecule has 0 saturated carbocycles. The number of rotatable bonds is 6. The molecule has 1 rings (SSSR count). The predicted octanol–water partition coefficient (Wildman–Crippen LogP) is 3.75. The fraction of sp³-hybridized carbons (Fsp3) is 0.625. The summed E-state index contributed by atoms with van der Waals surface area (Å²) in [5.41, 5.74) is 1.48. The van der Waals surface area contributed by atoms with Crippen molar-refractivity contribution in [3.05, 3.63) is 29.8 Å². The summed E-state index contributed by atoms with van der Waals surface area (Å²) in [6, 6.07) is 8.41. The van der Waals surface area contributed by atoms with E-state index in [9.17, 15) is 0 Å². The topological polar surface area (TPSA) is 21.3 Å². The molecule has 2 heteroatoms. The third-order valence-electron chi connectivity index (χ3n) is 2.90. The molecule has 1 unspecified atom stereocenters. The van der Waals surface area contributed by atoms with Crippen LogP contribution in [-0.4, -0.2) is 19.2 Å². The lowest BCUT2D eigenvalue weighted by atomic mass is 9.87. The van der Waals surface area contributed by atoms with Crippen LogP contribution in [0.1, 0.15) is 46.6 Å². The fourth-order valence-electron chi connectivity index (χ4n) is 1.79. The molecule has 18 heavy (non-hydrogen) atoms. The van der Waals surface area contributed by atoms with Crippen molar-refractivity contribution < 1.29 is 4.74 Å². The van der Waals surface area contributed by atoms with Crippen LogP contribution in [0.3, 0.4) is 0 Å². The molecule has 1 atom stereocenters. The Labute approximate surface area is 112 Å². The first-order valence-corrected chi connectivity index (χ1v) is 6.91. The molecule has 0 aliphatic heterocycles. The van der Waals surface area contributed by atoms with E-state index in [0.29, 0.717) is 0 Å². The average Bonchev–Trinajstić information content (AvgIpc) is 2.28. The summed E-state index contributed by atoms with van der Waals surface area (Å²) >= 11 is 0. The van der Waals surface area contributed by atoms with Crippen LogP contribution in [0.4, 0.5) is 0 Å². The molecule has 0 heterocycles. The van der Waals surface area contributed by atoms with Gasteiger partial charge in [0.1, 0.15) is 11.9 Å². The molecule has 2 nitrogen and oxygen atoms in total. The molecule has 0 saturated heterocycles. The summed E-state index contributed by atoms with van der Waals surface area (Å²) in [5.74, 6) is 0.966. The Bertz CT molecular complexity index is 354. The Morgan fingerprint density at radius 3 is 2.61 bits per heavy atom. The van der Waals surface area contributed by atoms with Gasteiger partial charge >= 0.3 is 0 Å². The zero-order valence-corrected chi connectivity index (χ0v) is 12.4. The van der Waals surface area contributed by atoms with Crippen molar-refractivity contribution in [2.45, 2.75) is 52.6 Å². The first kappa shape index (κ1) is 15.0. The smallest absolute Gasteiger partial charge is 0.120 e. The second-order valence-corrected chi connectivity index (χ2v) is 5.91. The number of ether oxygens (including phenoxy) is 1. The quantitative estimate of drug-likeness (QED) is 0.775. The molecule has 0 aliphatic carbocycles. The molecule has 1 aromatic carbocycles. The van der Waals surface area contributed by atoms with Gasteiger partial charge in [-0.15, -0.1) is 0 Å². The van der Waals surface area contributed by atoms with Gasteiger partial charge in [-0.2, -0.15) is 0 Å². The normalized spacial score (nSPS) is 13.4. The second kappa shape index (κ2) is 6.79. The van der Waals surface area contributed by atoms with Crippen LogP contribution in [0.2, 0.25) is 0 Å². The third-order valence-corrected chi connectivity index (χ3v) is 2.90. The highest BCUT2D eigenvalue weighted by atomic mass is 16.5. The molecule has 0 fully saturated rings. The van der Waals surface area contributed by atoms with Gasteiger partial charge in [-0.3, -0.25) is 0 Å². The highest BCUT2D eigenvalue weighted by Gasteiger charge is 2.14. The molecule has 0 spiro atoms. The van der Waals surface area contributed by atoms with Gasteiger partial charge in [0.05, 0.1) is 0 Å². The second-order valence-electron chi connectivity index (χ2n) is 5.91. The van der Waals surface area contributed by atoms with Gasteiger partial charge in [-0.05, 0) is 43.0 Å². The van der Waals surface area contributed by atoms with E-state index in [-0.39, 0.29) is 11.5 Å². The summed E-state index contributed by atoms with van der Waals surface area (Å²) in [5, 5.41) is 3.37. The number of hydrogen-bond acceptors (Lipinski definition) is 2. The lowest BCUT2D eigenvalue weighted by Gasteiger charge is -2.21. The molecule has 0 bridgehead atoms. The maximum atomic E-state index is 5.93. The predicted molar refractivity (Wildman–Crippen MR) is 78.4 cm³/mol. The SMILES string of the molecule is CCCNCC(C)Oc1cccc(C(C)(C)C)c1. The first-order chi connectivity index (χ1) is 8.43. The lowest BCUT2D eigenvalue weighted by molar-refractivity contribution is 0.217. The van der Waals surface area contributed by atoms with E-state index in [1.165, 1.54) is 5.56 Å². The van der Waals surface area contributed by atoms with E-state index in [0.717, 1.165) is 25.3 Å². The van der Waals surface area contributed by atoms with E-state index >= 15 is 0 Å². The molecule has 0 amide bonds.